The third-order valence-corrected chi connectivity index (χ3v) is 7.82. The van der Waals surface area contributed by atoms with E-state index >= 15 is 0 Å². The Bertz CT molecular complexity index is 1510. The number of anilines is 2. The molecular formula is C33H36N4O6. The number of nitrogens with zero attached hydrogens (tertiary/aromatic N) is 1. The summed E-state index contributed by atoms with van der Waals surface area (Å²) >= 11 is 0. The minimum atomic E-state index is -1.05. The number of carbonyl (C=O) groups excluding carboxylic acids is 2. The van der Waals surface area contributed by atoms with E-state index in [1.54, 1.807) is 44.4 Å². The number of carboxylic acids is 1. The van der Waals surface area contributed by atoms with Crippen molar-refractivity contribution in [2.75, 3.05) is 44.0 Å². The van der Waals surface area contributed by atoms with Crippen LogP contribution < -0.4 is 16.1 Å². The highest BCUT2D eigenvalue weighted by molar-refractivity contribution is 6.37. The van der Waals surface area contributed by atoms with Crippen LogP contribution in [0.1, 0.15) is 56.7 Å². The summed E-state index contributed by atoms with van der Waals surface area (Å²) in [5.41, 5.74) is 7.11. The molecule has 3 aromatic rings. The third kappa shape index (κ3) is 7.11. The van der Waals surface area contributed by atoms with E-state index in [4.69, 9.17) is 9.57 Å². The molecule has 0 aliphatic carbocycles. The fourth-order valence-corrected chi connectivity index (χ4v) is 5.44. The summed E-state index contributed by atoms with van der Waals surface area (Å²) < 4.78 is 5.41. The second kappa shape index (κ2) is 13.6. The monoisotopic (exact) mass is 584 g/mol. The van der Waals surface area contributed by atoms with Crippen molar-refractivity contribution >= 4 is 40.4 Å². The first-order chi connectivity index (χ1) is 20.8. The number of methoxy groups -OCH3 is 1. The second-order valence-electron chi connectivity index (χ2n) is 10.7. The molecular weight excluding hydrogens is 548 g/mol. The lowest BCUT2D eigenvalue weighted by molar-refractivity contribution is -0.110. The van der Waals surface area contributed by atoms with Gasteiger partial charge in [0.25, 0.3) is 11.8 Å². The largest absolute Gasteiger partial charge is 0.478 e. The lowest BCUT2D eigenvalue weighted by Gasteiger charge is -2.30. The van der Waals surface area contributed by atoms with Crippen LogP contribution >= 0.6 is 0 Å². The highest BCUT2D eigenvalue weighted by atomic mass is 16.6. The van der Waals surface area contributed by atoms with E-state index in [-0.39, 0.29) is 17.4 Å². The van der Waals surface area contributed by atoms with E-state index < -0.39 is 5.97 Å². The summed E-state index contributed by atoms with van der Waals surface area (Å²) in [6.07, 6.45) is 3.24. The molecule has 1 saturated heterocycles. The number of carbonyl (C=O) groups is 3. The predicted octanol–water partition coefficient (Wildman–Crippen LogP) is 4.79. The molecule has 10 heteroatoms. The third-order valence-electron chi connectivity index (χ3n) is 7.82. The fraction of sp³-hybridized carbons (Fsp3) is 0.303. The van der Waals surface area contributed by atoms with E-state index in [0.29, 0.717) is 52.0 Å². The van der Waals surface area contributed by atoms with Gasteiger partial charge < -0.3 is 25.4 Å². The van der Waals surface area contributed by atoms with Gasteiger partial charge in [0.1, 0.15) is 0 Å². The van der Waals surface area contributed by atoms with Gasteiger partial charge >= 0.3 is 5.97 Å². The summed E-state index contributed by atoms with van der Waals surface area (Å²) in [5, 5.41) is 15.7. The molecule has 43 heavy (non-hydrogen) atoms. The molecule has 0 saturated carbocycles. The Morgan fingerprint density at radius 1 is 1.02 bits per heavy atom. The number of piperidine rings is 1. The first kappa shape index (κ1) is 30.0. The molecule has 0 atom stereocenters. The first-order valence-electron chi connectivity index (χ1n) is 14.4. The molecule has 10 nitrogen and oxygen atoms in total. The van der Waals surface area contributed by atoms with E-state index in [9.17, 15) is 19.5 Å². The molecule has 224 valence electrons. The smallest absolute Gasteiger partial charge is 0.336 e. The number of likely N-dealkylation sites (tertiary alicyclic amines) is 1. The molecule has 0 spiro atoms. The zero-order valence-corrected chi connectivity index (χ0v) is 24.3. The fourth-order valence-electron chi connectivity index (χ4n) is 5.44. The molecule has 1 fully saturated rings. The van der Waals surface area contributed by atoms with Crippen LogP contribution in [-0.4, -0.2) is 67.2 Å². The van der Waals surface area contributed by atoms with E-state index in [1.807, 2.05) is 30.3 Å². The number of hydrogen-bond donors (Lipinski definition) is 4. The molecule has 2 heterocycles. The number of carboxylic acid groups (broad SMARTS) is 1. The number of ether oxygens (including phenoxy) is 1. The summed E-state index contributed by atoms with van der Waals surface area (Å²) in [4.78, 5) is 45.3. The Kier molecular flexibility index (Phi) is 9.51. The van der Waals surface area contributed by atoms with Crippen molar-refractivity contribution < 1.29 is 29.1 Å². The Hall–Kier alpha value is -4.51. The number of aryl methyl sites for hydroxylation is 1. The van der Waals surface area contributed by atoms with Crippen LogP contribution in [0, 0.1) is 6.92 Å². The summed E-state index contributed by atoms with van der Waals surface area (Å²) in [5.74, 6) is -1.74. The lowest BCUT2D eigenvalue weighted by Crippen LogP contribution is -2.37. The van der Waals surface area contributed by atoms with Gasteiger partial charge in [-0.05, 0) is 73.7 Å². The summed E-state index contributed by atoms with van der Waals surface area (Å²) in [7, 11) is 1.76. The Morgan fingerprint density at radius 3 is 2.42 bits per heavy atom. The topological polar surface area (TPSA) is 129 Å². The van der Waals surface area contributed by atoms with E-state index in [1.165, 1.54) is 6.07 Å². The molecule has 2 aliphatic heterocycles. The van der Waals surface area contributed by atoms with Gasteiger partial charge in [-0.15, -0.1) is 0 Å². The van der Waals surface area contributed by atoms with Crippen molar-refractivity contribution in [3.8, 4) is 0 Å². The van der Waals surface area contributed by atoms with Crippen molar-refractivity contribution in [1.82, 2.24) is 10.4 Å². The number of nitrogens with one attached hydrogen (secondary N) is 3. The number of hydrogen-bond acceptors (Lipinski definition) is 7. The van der Waals surface area contributed by atoms with Crippen molar-refractivity contribution in [3.05, 3.63) is 94.5 Å². The van der Waals surface area contributed by atoms with Crippen molar-refractivity contribution in [1.29, 1.82) is 0 Å². The number of fused-ring (bicyclic) bond motifs is 1. The van der Waals surface area contributed by atoms with Crippen LogP contribution in [0.4, 0.5) is 11.4 Å². The van der Waals surface area contributed by atoms with Gasteiger partial charge in [0, 0.05) is 43.6 Å². The summed E-state index contributed by atoms with van der Waals surface area (Å²) in [6, 6.07) is 19.5. The van der Waals surface area contributed by atoms with Gasteiger partial charge in [-0.3, -0.25) is 14.4 Å². The van der Waals surface area contributed by atoms with Crippen LogP contribution in [0.2, 0.25) is 0 Å². The predicted molar refractivity (Wildman–Crippen MR) is 165 cm³/mol. The van der Waals surface area contributed by atoms with Gasteiger partial charge in [0.2, 0.25) is 0 Å². The number of hydroxylamine groups is 1. The number of rotatable bonds is 11. The maximum atomic E-state index is 13.2. The summed E-state index contributed by atoms with van der Waals surface area (Å²) in [6.45, 7) is 5.06. The number of aromatic carboxylic acids is 1. The van der Waals surface area contributed by atoms with Gasteiger partial charge in [-0.2, -0.15) is 0 Å². The zero-order chi connectivity index (χ0) is 30.3. The Morgan fingerprint density at radius 2 is 1.74 bits per heavy atom. The van der Waals surface area contributed by atoms with Crippen LogP contribution in [0.25, 0.3) is 11.3 Å². The average molecular weight is 585 g/mol. The second-order valence-corrected chi connectivity index (χ2v) is 10.7. The molecule has 5 rings (SSSR count). The zero-order valence-electron chi connectivity index (χ0n) is 24.3. The van der Waals surface area contributed by atoms with Gasteiger partial charge in [0.15, 0.2) is 0 Å². The van der Waals surface area contributed by atoms with E-state index in [0.717, 1.165) is 44.5 Å². The molecule has 3 aromatic carbocycles. The molecule has 2 amide bonds. The average Bonchev–Trinajstić information content (AvgIpc) is 3.34. The van der Waals surface area contributed by atoms with Crippen LogP contribution in [0.15, 0.2) is 66.7 Å². The minimum Gasteiger partial charge on any atom is -0.478 e. The van der Waals surface area contributed by atoms with Gasteiger partial charge in [-0.1, -0.05) is 30.3 Å². The number of amides is 2. The van der Waals surface area contributed by atoms with Crippen molar-refractivity contribution in [2.45, 2.75) is 32.3 Å². The van der Waals surface area contributed by atoms with Gasteiger partial charge in [0.05, 0.1) is 35.2 Å². The SMILES string of the molecule is COC1CCN(CCCONC(=O)c2ccc(N/C(=C3/C(=O)Nc4cc(C(=O)O)c(C)cc43)c3ccccc3)cc2)CC1. The minimum absolute atomic E-state index is 0.134. The highest BCUT2D eigenvalue weighted by Gasteiger charge is 2.30. The molecule has 4 N–H and O–H groups in total. The first-order valence-corrected chi connectivity index (χ1v) is 14.4. The Balaban J connectivity index is 1.25. The maximum absolute atomic E-state index is 13.2. The molecule has 0 unspecified atom stereocenters. The van der Waals surface area contributed by atoms with Crippen LogP contribution in [0.5, 0.6) is 0 Å². The Labute approximate surface area is 250 Å². The van der Waals surface area contributed by atoms with Crippen molar-refractivity contribution in [2.24, 2.45) is 0 Å². The van der Waals surface area contributed by atoms with Gasteiger partial charge in [-0.25, -0.2) is 10.3 Å². The maximum Gasteiger partial charge on any atom is 0.336 e. The highest BCUT2D eigenvalue weighted by Crippen LogP contribution is 2.39. The molecule has 0 bridgehead atoms. The lowest BCUT2D eigenvalue weighted by atomic mass is 9.96. The number of benzene rings is 3. The molecule has 2 aliphatic rings. The molecule has 0 aromatic heterocycles. The normalized spacial score (nSPS) is 16.4. The quantitative estimate of drug-likeness (QED) is 0.144. The molecule has 0 radical (unpaired) electrons. The van der Waals surface area contributed by atoms with Crippen LogP contribution in [-0.2, 0) is 14.4 Å². The van der Waals surface area contributed by atoms with Crippen LogP contribution in [0.3, 0.4) is 0 Å². The van der Waals surface area contributed by atoms with Crippen molar-refractivity contribution in [3.63, 3.8) is 0 Å². The standard InChI is InChI=1S/C33H36N4O6/c1-21-19-27-28(20-26(21)33(40)41)35-32(39)29(27)30(22-7-4-3-5-8-22)34-24-11-9-23(10-12-24)31(38)36-43-18-6-15-37-16-13-25(42-2)14-17-37/h3-5,7-12,19-20,25,34H,6,13-18H2,1-2H3,(H,35,39)(H,36,38)(H,40,41)/b30-29+. The van der Waals surface area contributed by atoms with E-state index in [2.05, 4.69) is 21.0 Å².